The molecule has 158 valence electrons. The van der Waals surface area contributed by atoms with Crippen molar-refractivity contribution in [2.24, 2.45) is 0 Å². The summed E-state index contributed by atoms with van der Waals surface area (Å²) in [5, 5.41) is 1.18. The average Bonchev–Trinajstić information content (AvgIpc) is 3.27. The summed E-state index contributed by atoms with van der Waals surface area (Å²) in [7, 11) is 0. The van der Waals surface area contributed by atoms with Crippen molar-refractivity contribution >= 4 is 28.4 Å². The molecule has 6 nitrogen and oxygen atoms in total. The number of rotatable bonds is 7. The molecule has 0 radical (unpaired) electrons. The molecular weight excluding hydrogens is 416 g/mol. The Kier molecular flexibility index (Phi) is 6.09. The minimum absolute atomic E-state index is 0.0922. The van der Waals surface area contributed by atoms with Gasteiger partial charge in [-0.05, 0) is 55.5 Å². The zero-order valence-corrected chi connectivity index (χ0v) is 17.7. The van der Waals surface area contributed by atoms with Crippen LogP contribution >= 0.6 is 11.6 Å². The molecule has 0 spiro atoms. The Balaban J connectivity index is 1.71. The van der Waals surface area contributed by atoms with Crippen LogP contribution in [0.4, 0.5) is 0 Å². The first-order valence-corrected chi connectivity index (χ1v) is 10.3. The van der Waals surface area contributed by atoms with Gasteiger partial charge in [-0.15, -0.1) is 0 Å². The van der Waals surface area contributed by atoms with Crippen molar-refractivity contribution in [1.29, 1.82) is 0 Å². The Morgan fingerprint density at radius 3 is 2.68 bits per heavy atom. The lowest BCUT2D eigenvalue weighted by molar-refractivity contribution is 0.0717. The molecule has 4 rings (SSSR count). The third-order valence-corrected chi connectivity index (χ3v) is 5.21. The summed E-state index contributed by atoms with van der Waals surface area (Å²) in [5.41, 5.74) is 1.26. The molecule has 0 saturated heterocycles. The van der Waals surface area contributed by atoms with E-state index in [9.17, 15) is 9.59 Å². The van der Waals surface area contributed by atoms with Gasteiger partial charge >= 0.3 is 0 Å². The molecule has 2 aromatic heterocycles. The van der Waals surface area contributed by atoms with Crippen molar-refractivity contribution in [2.75, 3.05) is 6.61 Å². The number of nitrogens with one attached hydrogen (secondary N) is 1. The maximum Gasteiger partial charge on any atom is 0.256 e. The predicted octanol–water partition coefficient (Wildman–Crippen LogP) is 5.02. The van der Waals surface area contributed by atoms with Crippen LogP contribution in [0.15, 0.2) is 76.1 Å². The maximum absolute atomic E-state index is 13.3. The first kappa shape index (κ1) is 20.8. The first-order chi connectivity index (χ1) is 15.0. The van der Waals surface area contributed by atoms with E-state index in [1.165, 1.54) is 0 Å². The molecule has 0 saturated carbocycles. The minimum atomic E-state index is -0.287. The number of nitrogens with zero attached hydrogens (tertiary/aromatic N) is 1. The molecule has 1 amide bonds. The first-order valence-electron chi connectivity index (χ1n) is 9.90. The number of pyridine rings is 1. The van der Waals surface area contributed by atoms with E-state index in [0.29, 0.717) is 39.8 Å². The van der Waals surface area contributed by atoms with Crippen LogP contribution in [0.2, 0.25) is 5.02 Å². The highest BCUT2D eigenvalue weighted by atomic mass is 35.5. The van der Waals surface area contributed by atoms with Crippen LogP contribution in [0.3, 0.4) is 0 Å². The minimum Gasteiger partial charge on any atom is -0.494 e. The standard InChI is InChI=1S/C24H21ClN2O4/c1-2-30-18-9-10-22-16(13-18)12-17(23(28)26-22)14-27(15-19-6-5-11-31-19)24(29)20-7-3-4-8-21(20)25/h3-13H,2,14-15H2,1H3,(H,26,28). The summed E-state index contributed by atoms with van der Waals surface area (Å²) in [5.74, 6) is 1.04. The number of aromatic nitrogens is 1. The van der Waals surface area contributed by atoms with Crippen molar-refractivity contribution in [1.82, 2.24) is 9.88 Å². The molecule has 0 atom stereocenters. The van der Waals surface area contributed by atoms with Gasteiger partial charge in [-0.1, -0.05) is 23.7 Å². The number of H-pyrrole nitrogens is 1. The van der Waals surface area contributed by atoms with E-state index in [0.717, 1.165) is 5.39 Å². The van der Waals surface area contributed by atoms with Gasteiger partial charge < -0.3 is 19.0 Å². The topological polar surface area (TPSA) is 75.5 Å². The highest BCUT2D eigenvalue weighted by molar-refractivity contribution is 6.33. The van der Waals surface area contributed by atoms with E-state index < -0.39 is 0 Å². The number of ether oxygens (including phenoxy) is 1. The highest BCUT2D eigenvalue weighted by Crippen LogP contribution is 2.22. The van der Waals surface area contributed by atoms with E-state index in [-0.39, 0.29) is 24.6 Å². The van der Waals surface area contributed by atoms with Crippen molar-refractivity contribution < 1.29 is 13.9 Å². The molecule has 2 heterocycles. The number of furan rings is 1. The summed E-state index contributed by atoms with van der Waals surface area (Å²) in [4.78, 5) is 30.4. The van der Waals surface area contributed by atoms with Crippen molar-refractivity contribution in [3.8, 4) is 5.75 Å². The molecule has 4 aromatic rings. The van der Waals surface area contributed by atoms with Gasteiger partial charge in [0.2, 0.25) is 0 Å². The summed E-state index contributed by atoms with van der Waals surface area (Å²) in [6.45, 7) is 2.75. The normalized spacial score (nSPS) is 10.9. The zero-order chi connectivity index (χ0) is 21.8. The van der Waals surface area contributed by atoms with Crippen molar-refractivity contribution in [3.05, 3.63) is 99.2 Å². The smallest absolute Gasteiger partial charge is 0.256 e. The molecular formula is C24H21ClN2O4. The van der Waals surface area contributed by atoms with Crippen LogP contribution in [0, 0.1) is 0 Å². The summed E-state index contributed by atoms with van der Waals surface area (Å²) < 4.78 is 11.0. The molecule has 0 unspecified atom stereocenters. The van der Waals surface area contributed by atoms with Gasteiger partial charge in [0.15, 0.2) is 0 Å². The Hall–Kier alpha value is -3.51. The molecule has 0 aliphatic heterocycles. The number of hydrogen-bond acceptors (Lipinski definition) is 4. The quantitative estimate of drug-likeness (QED) is 0.441. The van der Waals surface area contributed by atoms with Crippen molar-refractivity contribution in [2.45, 2.75) is 20.0 Å². The van der Waals surface area contributed by atoms with Gasteiger partial charge in [0.05, 0.1) is 36.5 Å². The number of amides is 1. The Morgan fingerprint density at radius 1 is 1.10 bits per heavy atom. The van der Waals surface area contributed by atoms with Crippen LogP contribution in [0.5, 0.6) is 5.75 Å². The van der Waals surface area contributed by atoms with E-state index in [4.69, 9.17) is 20.8 Å². The van der Waals surface area contributed by atoms with Gasteiger partial charge in [0.1, 0.15) is 11.5 Å². The Morgan fingerprint density at radius 2 is 1.94 bits per heavy atom. The van der Waals surface area contributed by atoms with Gasteiger partial charge in [0, 0.05) is 16.5 Å². The van der Waals surface area contributed by atoms with Crippen LogP contribution in [-0.4, -0.2) is 22.4 Å². The number of fused-ring (bicyclic) bond motifs is 1. The van der Waals surface area contributed by atoms with Gasteiger partial charge in [-0.3, -0.25) is 9.59 Å². The van der Waals surface area contributed by atoms with Crippen LogP contribution in [-0.2, 0) is 13.1 Å². The molecule has 1 N–H and O–H groups in total. The van der Waals surface area contributed by atoms with Crippen LogP contribution in [0.1, 0.15) is 28.6 Å². The largest absolute Gasteiger partial charge is 0.494 e. The number of benzene rings is 2. The van der Waals surface area contributed by atoms with Gasteiger partial charge in [-0.2, -0.15) is 0 Å². The fourth-order valence-electron chi connectivity index (χ4n) is 3.40. The van der Waals surface area contributed by atoms with Crippen LogP contribution < -0.4 is 10.3 Å². The molecule has 0 aliphatic rings. The lowest BCUT2D eigenvalue weighted by Crippen LogP contribution is -2.32. The highest BCUT2D eigenvalue weighted by Gasteiger charge is 2.21. The summed E-state index contributed by atoms with van der Waals surface area (Å²) in [6, 6.07) is 17.7. The lowest BCUT2D eigenvalue weighted by atomic mass is 10.1. The Labute approximate surface area is 184 Å². The predicted molar refractivity (Wildman–Crippen MR) is 119 cm³/mol. The van der Waals surface area contributed by atoms with E-state index in [2.05, 4.69) is 4.98 Å². The Bertz CT molecular complexity index is 1260. The number of hydrogen-bond donors (Lipinski definition) is 1. The number of carbonyl (C=O) groups excluding carboxylic acids is 1. The molecule has 0 bridgehead atoms. The van der Waals surface area contributed by atoms with E-state index in [1.54, 1.807) is 59.7 Å². The SMILES string of the molecule is CCOc1ccc2[nH]c(=O)c(CN(Cc3ccco3)C(=O)c3ccccc3Cl)cc2c1. The van der Waals surface area contributed by atoms with Gasteiger partial charge in [-0.25, -0.2) is 0 Å². The molecule has 7 heteroatoms. The fraction of sp³-hybridized carbons (Fsp3) is 0.167. The number of aromatic amines is 1. The lowest BCUT2D eigenvalue weighted by Gasteiger charge is -2.22. The molecule has 0 fully saturated rings. The molecule has 2 aromatic carbocycles. The van der Waals surface area contributed by atoms with Gasteiger partial charge in [0.25, 0.3) is 11.5 Å². The van der Waals surface area contributed by atoms with Crippen LogP contribution in [0.25, 0.3) is 10.9 Å². The third-order valence-electron chi connectivity index (χ3n) is 4.88. The third kappa shape index (κ3) is 4.64. The number of carbonyl (C=O) groups is 1. The maximum atomic E-state index is 13.3. The molecule has 31 heavy (non-hydrogen) atoms. The average molecular weight is 437 g/mol. The summed E-state index contributed by atoms with van der Waals surface area (Å²) in [6.07, 6.45) is 1.55. The second-order valence-corrected chi connectivity index (χ2v) is 7.43. The second kappa shape index (κ2) is 9.10. The summed E-state index contributed by atoms with van der Waals surface area (Å²) >= 11 is 6.25. The monoisotopic (exact) mass is 436 g/mol. The zero-order valence-electron chi connectivity index (χ0n) is 16.9. The van der Waals surface area contributed by atoms with E-state index >= 15 is 0 Å². The van der Waals surface area contributed by atoms with Crippen molar-refractivity contribution in [3.63, 3.8) is 0 Å². The molecule has 0 aliphatic carbocycles. The van der Waals surface area contributed by atoms with E-state index in [1.807, 2.05) is 19.1 Å². The number of halogens is 1. The second-order valence-electron chi connectivity index (χ2n) is 7.03. The fourth-order valence-corrected chi connectivity index (χ4v) is 3.62.